The summed E-state index contributed by atoms with van der Waals surface area (Å²) in [7, 11) is 0. The Morgan fingerprint density at radius 1 is 0.900 bits per heavy atom. The summed E-state index contributed by atoms with van der Waals surface area (Å²) in [4.78, 5) is 16.7. The average Bonchev–Trinajstić information content (AvgIpc) is 2.78. The SMILES string of the molecule is CCCCCC(=O)N1CCN(CCOC(c2ccccc2)c2ccccc2)CC1.Cl. The van der Waals surface area contributed by atoms with Crippen molar-refractivity contribution in [3.05, 3.63) is 71.8 Å². The molecule has 0 N–H and O–H groups in total. The van der Waals surface area contributed by atoms with E-state index in [2.05, 4.69) is 60.4 Å². The van der Waals surface area contributed by atoms with Gasteiger partial charge in [-0.3, -0.25) is 9.69 Å². The number of hydrogen-bond acceptors (Lipinski definition) is 3. The van der Waals surface area contributed by atoms with Crippen LogP contribution in [0.25, 0.3) is 0 Å². The van der Waals surface area contributed by atoms with Crippen LogP contribution < -0.4 is 0 Å². The number of amides is 1. The van der Waals surface area contributed by atoms with Gasteiger partial charge in [0.15, 0.2) is 0 Å². The lowest BCUT2D eigenvalue weighted by atomic mass is 10.0. The monoisotopic (exact) mass is 430 g/mol. The van der Waals surface area contributed by atoms with Crippen LogP contribution in [-0.4, -0.2) is 55.0 Å². The van der Waals surface area contributed by atoms with Crippen molar-refractivity contribution in [3.63, 3.8) is 0 Å². The molecule has 0 spiro atoms. The molecule has 164 valence electrons. The van der Waals surface area contributed by atoms with Gasteiger partial charge in [-0.2, -0.15) is 0 Å². The first-order chi connectivity index (χ1) is 14.3. The van der Waals surface area contributed by atoms with Gasteiger partial charge in [0, 0.05) is 39.1 Å². The summed E-state index contributed by atoms with van der Waals surface area (Å²) < 4.78 is 6.33. The molecule has 5 heteroatoms. The van der Waals surface area contributed by atoms with Crippen LogP contribution in [-0.2, 0) is 9.53 Å². The molecule has 1 aliphatic rings. The van der Waals surface area contributed by atoms with Gasteiger partial charge in [0.2, 0.25) is 5.91 Å². The second-order valence-electron chi connectivity index (χ2n) is 7.75. The zero-order chi connectivity index (χ0) is 20.3. The van der Waals surface area contributed by atoms with E-state index in [4.69, 9.17) is 4.74 Å². The van der Waals surface area contributed by atoms with E-state index in [1.165, 1.54) is 11.1 Å². The molecule has 4 nitrogen and oxygen atoms in total. The van der Waals surface area contributed by atoms with E-state index in [1.807, 2.05) is 17.0 Å². The Hall–Kier alpha value is -1.88. The van der Waals surface area contributed by atoms with Crippen molar-refractivity contribution >= 4 is 18.3 Å². The fourth-order valence-corrected chi connectivity index (χ4v) is 3.85. The summed E-state index contributed by atoms with van der Waals surface area (Å²) in [6.07, 6.45) is 3.98. The zero-order valence-electron chi connectivity index (χ0n) is 18.0. The van der Waals surface area contributed by atoms with Crippen LogP contribution in [0.15, 0.2) is 60.7 Å². The van der Waals surface area contributed by atoms with E-state index in [0.717, 1.165) is 52.0 Å². The van der Waals surface area contributed by atoms with Gasteiger partial charge >= 0.3 is 0 Å². The Labute approximate surface area is 187 Å². The maximum atomic E-state index is 12.3. The van der Waals surface area contributed by atoms with Crippen LogP contribution in [0, 0.1) is 0 Å². The molecule has 1 heterocycles. The lowest BCUT2D eigenvalue weighted by molar-refractivity contribution is -0.133. The lowest BCUT2D eigenvalue weighted by Gasteiger charge is -2.35. The molecule has 0 aliphatic carbocycles. The number of nitrogens with zero attached hydrogens (tertiary/aromatic N) is 2. The third-order valence-electron chi connectivity index (χ3n) is 5.62. The molecule has 1 aliphatic heterocycles. The minimum absolute atomic E-state index is 0. The predicted octanol–water partition coefficient (Wildman–Crippen LogP) is 4.94. The van der Waals surface area contributed by atoms with Gasteiger partial charge in [0.05, 0.1) is 6.61 Å². The van der Waals surface area contributed by atoms with Crippen molar-refractivity contribution in [2.75, 3.05) is 39.3 Å². The minimum atomic E-state index is -0.0427. The van der Waals surface area contributed by atoms with E-state index in [1.54, 1.807) is 0 Å². The van der Waals surface area contributed by atoms with Crippen molar-refractivity contribution < 1.29 is 9.53 Å². The second-order valence-corrected chi connectivity index (χ2v) is 7.75. The number of rotatable bonds is 10. The molecule has 0 aromatic heterocycles. The number of piperazine rings is 1. The smallest absolute Gasteiger partial charge is 0.222 e. The molecule has 1 amide bonds. The Balaban J connectivity index is 0.00000320. The highest BCUT2D eigenvalue weighted by Gasteiger charge is 2.21. The Kier molecular flexibility index (Phi) is 10.9. The fraction of sp³-hybridized carbons (Fsp3) is 0.480. The molecule has 0 radical (unpaired) electrons. The zero-order valence-corrected chi connectivity index (χ0v) is 18.9. The number of carbonyl (C=O) groups is 1. The van der Waals surface area contributed by atoms with Gasteiger partial charge in [0.25, 0.3) is 0 Å². The van der Waals surface area contributed by atoms with Crippen LogP contribution in [0.3, 0.4) is 0 Å². The van der Waals surface area contributed by atoms with E-state index in [-0.39, 0.29) is 18.5 Å². The normalized spacial score (nSPS) is 14.5. The maximum absolute atomic E-state index is 12.3. The minimum Gasteiger partial charge on any atom is -0.367 e. The lowest BCUT2D eigenvalue weighted by Crippen LogP contribution is -2.49. The number of ether oxygens (including phenoxy) is 1. The van der Waals surface area contributed by atoms with E-state index in [0.29, 0.717) is 18.9 Å². The third-order valence-corrected chi connectivity index (χ3v) is 5.62. The largest absolute Gasteiger partial charge is 0.367 e. The van der Waals surface area contributed by atoms with Crippen molar-refractivity contribution in [2.45, 2.75) is 38.7 Å². The molecule has 2 aromatic carbocycles. The van der Waals surface area contributed by atoms with E-state index >= 15 is 0 Å². The van der Waals surface area contributed by atoms with E-state index < -0.39 is 0 Å². The first-order valence-corrected chi connectivity index (χ1v) is 11.0. The quantitative estimate of drug-likeness (QED) is 0.500. The third kappa shape index (κ3) is 7.42. The standard InChI is InChI=1S/C25H34N2O2.ClH/c1-2-3-6-15-24(28)27-18-16-26(17-19-27)20-21-29-25(22-11-7-4-8-12-22)23-13-9-5-10-14-23;/h4-5,7-14,25H,2-3,6,15-21H2,1H3;1H. The van der Waals surface area contributed by atoms with Crippen LogP contribution in [0.2, 0.25) is 0 Å². The summed E-state index contributed by atoms with van der Waals surface area (Å²) in [5.74, 6) is 0.322. The first kappa shape index (κ1) is 24.4. The Morgan fingerprint density at radius 3 is 2.00 bits per heavy atom. The molecule has 0 bridgehead atoms. The Bertz CT molecular complexity index is 679. The van der Waals surface area contributed by atoms with Gasteiger partial charge in [0.1, 0.15) is 6.10 Å². The summed E-state index contributed by atoms with van der Waals surface area (Å²) in [6, 6.07) is 20.8. The molecule has 0 saturated carbocycles. The number of carbonyl (C=O) groups excluding carboxylic acids is 1. The molecule has 2 aromatic rings. The molecule has 0 atom stereocenters. The van der Waals surface area contributed by atoms with Crippen molar-refractivity contribution in [1.82, 2.24) is 9.80 Å². The van der Waals surface area contributed by atoms with E-state index in [9.17, 15) is 4.79 Å². The molecular formula is C25H35ClN2O2. The van der Waals surface area contributed by atoms with Crippen LogP contribution >= 0.6 is 12.4 Å². The highest BCUT2D eigenvalue weighted by Crippen LogP contribution is 2.25. The first-order valence-electron chi connectivity index (χ1n) is 11.0. The topological polar surface area (TPSA) is 32.8 Å². The molecular weight excluding hydrogens is 396 g/mol. The van der Waals surface area contributed by atoms with Crippen molar-refractivity contribution in [2.24, 2.45) is 0 Å². The van der Waals surface area contributed by atoms with Gasteiger partial charge in [-0.1, -0.05) is 80.4 Å². The summed E-state index contributed by atoms with van der Waals surface area (Å²) in [5, 5.41) is 0. The summed E-state index contributed by atoms with van der Waals surface area (Å²) in [5.41, 5.74) is 2.36. The predicted molar refractivity (Wildman–Crippen MR) is 125 cm³/mol. The maximum Gasteiger partial charge on any atom is 0.222 e. The fourth-order valence-electron chi connectivity index (χ4n) is 3.85. The molecule has 1 saturated heterocycles. The molecule has 30 heavy (non-hydrogen) atoms. The molecule has 0 unspecified atom stereocenters. The summed E-state index contributed by atoms with van der Waals surface area (Å²) in [6.45, 7) is 7.30. The van der Waals surface area contributed by atoms with Crippen LogP contribution in [0.1, 0.15) is 49.8 Å². The number of unbranched alkanes of at least 4 members (excludes halogenated alkanes) is 2. The number of benzene rings is 2. The summed E-state index contributed by atoms with van der Waals surface area (Å²) >= 11 is 0. The van der Waals surface area contributed by atoms with Gasteiger partial charge < -0.3 is 9.64 Å². The average molecular weight is 431 g/mol. The number of hydrogen-bond donors (Lipinski definition) is 0. The highest BCUT2D eigenvalue weighted by atomic mass is 35.5. The highest BCUT2D eigenvalue weighted by molar-refractivity contribution is 5.85. The Morgan fingerprint density at radius 2 is 1.47 bits per heavy atom. The van der Waals surface area contributed by atoms with Gasteiger partial charge in [-0.15, -0.1) is 12.4 Å². The molecule has 1 fully saturated rings. The van der Waals surface area contributed by atoms with Gasteiger partial charge in [-0.05, 0) is 17.5 Å². The van der Waals surface area contributed by atoms with Crippen LogP contribution in [0.4, 0.5) is 0 Å². The molecule has 3 rings (SSSR count). The van der Waals surface area contributed by atoms with Gasteiger partial charge in [-0.25, -0.2) is 0 Å². The van der Waals surface area contributed by atoms with Crippen molar-refractivity contribution in [1.29, 1.82) is 0 Å². The van der Waals surface area contributed by atoms with Crippen LogP contribution in [0.5, 0.6) is 0 Å². The number of halogens is 1. The van der Waals surface area contributed by atoms with Crippen molar-refractivity contribution in [3.8, 4) is 0 Å². The second kappa shape index (κ2) is 13.4.